The van der Waals surface area contributed by atoms with Gasteiger partial charge in [-0.05, 0) is 63.5 Å². The zero-order valence-corrected chi connectivity index (χ0v) is 20.2. The van der Waals surface area contributed by atoms with Crippen LogP contribution in [-0.2, 0) is 4.79 Å². The zero-order chi connectivity index (χ0) is 25.6. The Bertz CT molecular complexity index is 1260. The van der Waals surface area contributed by atoms with Gasteiger partial charge in [0.15, 0.2) is 0 Å². The summed E-state index contributed by atoms with van der Waals surface area (Å²) < 4.78 is 5.94. The van der Waals surface area contributed by atoms with Crippen LogP contribution in [0.4, 0.5) is 0 Å². The number of carbonyl (C=O) groups is 2. The molecule has 1 fully saturated rings. The van der Waals surface area contributed by atoms with Crippen molar-refractivity contribution < 1.29 is 14.3 Å². The first-order chi connectivity index (χ1) is 16.7. The summed E-state index contributed by atoms with van der Waals surface area (Å²) in [5, 5.41) is 15.8. The second-order valence-electron chi connectivity index (χ2n) is 8.67. The third kappa shape index (κ3) is 6.28. The van der Waals surface area contributed by atoms with Crippen molar-refractivity contribution in [2.45, 2.75) is 38.3 Å². The first kappa shape index (κ1) is 25.5. The number of aliphatic imine (C=N–C) groups is 1. The van der Waals surface area contributed by atoms with E-state index in [0.29, 0.717) is 23.1 Å². The predicted octanol–water partition coefficient (Wildman–Crippen LogP) is 4.30. The Morgan fingerprint density at radius 2 is 2.14 bits per heavy atom. The van der Waals surface area contributed by atoms with Crippen LogP contribution in [0.25, 0.3) is 5.57 Å². The van der Waals surface area contributed by atoms with Gasteiger partial charge in [-0.25, -0.2) is 0 Å². The number of amides is 2. The number of halogens is 1. The summed E-state index contributed by atoms with van der Waals surface area (Å²) in [4.78, 5) is 28.5. The molecule has 9 heteroatoms. The summed E-state index contributed by atoms with van der Waals surface area (Å²) in [6, 6.07) is 11.6. The van der Waals surface area contributed by atoms with E-state index in [2.05, 4.69) is 28.4 Å². The molecule has 2 aromatic rings. The quantitative estimate of drug-likeness (QED) is 0.392. The molecule has 0 aromatic heterocycles. The maximum Gasteiger partial charge on any atom is 0.251 e. The molecule has 1 saturated heterocycles. The number of nitrogens with zero attached hydrogens (tertiary/aromatic N) is 2. The molecule has 1 unspecified atom stereocenters. The van der Waals surface area contributed by atoms with Crippen molar-refractivity contribution in [1.29, 1.82) is 5.26 Å². The number of nitriles is 1. The minimum absolute atomic E-state index is 0.104. The fourth-order valence-corrected chi connectivity index (χ4v) is 4.20. The molecule has 0 aliphatic carbocycles. The van der Waals surface area contributed by atoms with Crippen molar-refractivity contribution in [3.05, 3.63) is 76.6 Å². The Labute approximate surface area is 209 Å². The molecule has 1 heterocycles. The van der Waals surface area contributed by atoms with Gasteiger partial charge in [0, 0.05) is 40.9 Å². The van der Waals surface area contributed by atoms with Crippen molar-refractivity contribution in [2.24, 2.45) is 10.7 Å². The lowest BCUT2D eigenvalue weighted by Gasteiger charge is -2.36. The average Bonchev–Trinajstić information content (AvgIpc) is 2.78. The highest BCUT2D eigenvalue weighted by Gasteiger charge is 2.33. The van der Waals surface area contributed by atoms with E-state index in [1.165, 1.54) is 18.5 Å². The van der Waals surface area contributed by atoms with Gasteiger partial charge >= 0.3 is 0 Å². The maximum absolute atomic E-state index is 12.8. The highest BCUT2D eigenvalue weighted by molar-refractivity contribution is 6.32. The van der Waals surface area contributed by atoms with Gasteiger partial charge in [0.25, 0.3) is 5.91 Å². The van der Waals surface area contributed by atoms with Gasteiger partial charge in [-0.15, -0.1) is 0 Å². The van der Waals surface area contributed by atoms with Crippen molar-refractivity contribution in [3.63, 3.8) is 0 Å². The van der Waals surface area contributed by atoms with Gasteiger partial charge in [-0.2, -0.15) is 5.26 Å². The number of rotatable bonds is 7. The largest absolute Gasteiger partial charge is 0.454 e. The summed E-state index contributed by atoms with van der Waals surface area (Å²) in [6.45, 7) is 7.28. The second-order valence-corrected chi connectivity index (χ2v) is 9.08. The Balaban J connectivity index is 1.82. The Morgan fingerprint density at radius 3 is 2.77 bits per heavy atom. The second kappa shape index (κ2) is 10.9. The van der Waals surface area contributed by atoms with Gasteiger partial charge in [0.2, 0.25) is 5.91 Å². The SMILES string of the molecule is C=N/C=C(\C=C/N)c1cccc(Oc2ccc(C(=O)NC3CC(=O)NC(C)(C)C3)cc2Cl)c1C#N. The van der Waals surface area contributed by atoms with Gasteiger partial charge in [0.1, 0.15) is 23.1 Å². The number of hydrogen-bond donors (Lipinski definition) is 3. The summed E-state index contributed by atoms with van der Waals surface area (Å²) in [7, 11) is 0. The number of nitrogens with one attached hydrogen (secondary N) is 2. The van der Waals surface area contributed by atoms with Crippen LogP contribution in [0.3, 0.4) is 0 Å². The van der Waals surface area contributed by atoms with Gasteiger partial charge in [-0.1, -0.05) is 23.7 Å². The number of benzene rings is 2. The molecule has 0 spiro atoms. The molecule has 35 heavy (non-hydrogen) atoms. The van der Waals surface area contributed by atoms with Crippen LogP contribution in [0.2, 0.25) is 5.02 Å². The first-order valence-electron chi connectivity index (χ1n) is 10.8. The highest BCUT2D eigenvalue weighted by Crippen LogP contribution is 2.35. The topological polar surface area (TPSA) is 130 Å². The van der Waals surface area contributed by atoms with Gasteiger partial charge in [0.05, 0.1) is 5.02 Å². The molecule has 2 amide bonds. The monoisotopic (exact) mass is 491 g/mol. The first-order valence-corrected chi connectivity index (χ1v) is 11.2. The van der Waals surface area contributed by atoms with Crippen LogP contribution < -0.4 is 21.1 Å². The van der Waals surface area contributed by atoms with E-state index in [4.69, 9.17) is 22.1 Å². The maximum atomic E-state index is 12.8. The normalized spacial score (nSPS) is 17.4. The molecule has 3 rings (SSSR count). The summed E-state index contributed by atoms with van der Waals surface area (Å²) in [5.41, 5.74) is 6.86. The molecule has 1 aliphatic rings. The lowest BCUT2D eigenvalue weighted by Crippen LogP contribution is -2.55. The number of carbonyl (C=O) groups excluding carboxylic acids is 2. The minimum atomic E-state index is -0.396. The lowest BCUT2D eigenvalue weighted by atomic mass is 9.89. The number of hydrogen-bond acceptors (Lipinski definition) is 6. The average molecular weight is 492 g/mol. The Hall–Kier alpha value is -4.09. The molecule has 1 aliphatic heterocycles. The van der Waals surface area contributed by atoms with Crippen molar-refractivity contribution >= 4 is 35.7 Å². The van der Waals surface area contributed by atoms with E-state index in [-0.39, 0.29) is 46.4 Å². The van der Waals surface area contributed by atoms with E-state index in [1.807, 2.05) is 13.8 Å². The number of piperidine rings is 1. The van der Waals surface area contributed by atoms with Crippen LogP contribution in [0, 0.1) is 11.3 Å². The van der Waals surface area contributed by atoms with E-state index >= 15 is 0 Å². The van der Waals surface area contributed by atoms with Gasteiger partial charge in [-0.3, -0.25) is 14.6 Å². The number of ether oxygens (including phenoxy) is 1. The van der Waals surface area contributed by atoms with Crippen LogP contribution in [0.5, 0.6) is 11.5 Å². The molecule has 2 aromatic carbocycles. The third-order valence-electron chi connectivity index (χ3n) is 5.37. The summed E-state index contributed by atoms with van der Waals surface area (Å²) in [5.74, 6) is 0.110. The standard InChI is InChI=1S/C26H26ClN5O3/c1-26(2)13-18(12-24(33)32-26)31-25(34)16-7-8-23(21(27)11-16)35-22-6-4-5-19(20(22)14-29)17(9-10-28)15-30-3/h4-11,15,18H,3,12-13,28H2,1-2H3,(H,31,34)(H,32,33)/b10-9-,17-15+. The fraction of sp³-hybridized carbons (Fsp3) is 0.231. The van der Waals surface area contributed by atoms with E-state index in [1.54, 1.807) is 36.4 Å². The van der Waals surface area contributed by atoms with Crippen LogP contribution in [0.15, 0.2) is 59.9 Å². The zero-order valence-electron chi connectivity index (χ0n) is 19.5. The van der Waals surface area contributed by atoms with E-state index in [9.17, 15) is 14.9 Å². The number of nitrogens with two attached hydrogens (primary N) is 1. The van der Waals surface area contributed by atoms with Crippen LogP contribution >= 0.6 is 11.6 Å². The summed E-state index contributed by atoms with van der Waals surface area (Å²) >= 11 is 6.42. The van der Waals surface area contributed by atoms with E-state index in [0.717, 1.165) is 0 Å². The highest BCUT2D eigenvalue weighted by atomic mass is 35.5. The van der Waals surface area contributed by atoms with Crippen molar-refractivity contribution in [1.82, 2.24) is 10.6 Å². The number of allylic oxidation sites excluding steroid dienone is 2. The third-order valence-corrected chi connectivity index (χ3v) is 5.67. The molecule has 180 valence electrons. The van der Waals surface area contributed by atoms with Crippen molar-refractivity contribution in [2.75, 3.05) is 0 Å². The lowest BCUT2D eigenvalue weighted by molar-refractivity contribution is -0.125. The molecule has 0 bridgehead atoms. The molecular formula is C26H26ClN5O3. The van der Waals surface area contributed by atoms with E-state index < -0.39 is 5.54 Å². The summed E-state index contributed by atoms with van der Waals surface area (Å²) in [6.07, 6.45) is 5.26. The fourth-order valence-electron chi connectivity index (χ4n) is 3.98. The molecule has 8 nitrogen and oxygen atoms in total. The van der Waals surface area contributed by atoms with Crippen LogP contribution in [-0.4, -0.2) is 30.1 Å². The smallest absolute Gasteiger partial charge is 0.251 e. The van der Waals surface area contributed by atoms with Crippen LogP contribution in [0.1, 0.15) is 48.2 Å². The Morgan fingerprint density at radius 1 is 1.37 bits per heavy atom. The predicted molar refractivity (Wildman–Crippen MR) is 136 cm³/mol. The Kier molecular flexibility index (Phi) is 7.94. The molecule has 0 radical (unpaired) electrons. The minimum Gasteiger partial charge on any atom is -0.454 e. The molecule has 0 saturated carbocycles. The van der Waals surface area contributed by atoms with Gasteiger partial charge < -0.3 is 21.1 Å². The van der Waals surface area contributed by atoms with Crippen molar-refractivity contribution in [3.8, 4) is 17.6 Å². The molecule has 4 N–H and O–H groups in total. The molecular weight excluding hydrogens is 466 g/mol. The molecule has 1 atom stereocenters.